The van der Waals surface area contributed by atoms with Crippen LogP contribution < -0.4 is 5.32 Å². The molecule has 2 heterocycles. The van der Waals surface area contributed by atoms with Gasteiger partial charge in [0.2, 0.25) is 5.89 Å². The van der Waals surface area contributed by atoms with Crippen molar-refractivity contribution in [1.29, 1.82) is 0 Å². The van der Waals surface area contributed by atoms with Crippen molar-refractivity contribution in [3.8, 4) is 0 Å². The molecule has 1 fully saturated rings. The molecule has 0 saturated carbocycles. The SMILES string of the molecule is Cc1nc(CCNC2CCCS(=O)(=O)C2)no1. The summed E-state index contributed by atoms with van der Waals surface area (Å²) >= 11 is 0. The zero-order valence-corrected chi connectivity index (χ0v) is 10.7. The third kappa shape index (κ3) is 3.78. The van der Waals surface area contributed by atoms with Crippen LogP contribution in [0, 0.1) is 6.92 Å². The first-order chi connectivity index (χ1) is 8.05. The second kappa shape index (κ2) is 5.14. The fourth-order valence-electron chi connectivity index (χ4n) is 2.01. The Morgan fingerprint density at radius 2 is 2.35 bits per heavy atom. The number of hydrogen-bond donors (Lipinski definition) is 1. The van der Waals surface area contributed by atoms with Crippen molar-refractivity contribution in [2.24, 2.45) is 0 Å². The summed E-state index contributed by atoms with van der Waals surface area (Å²) in [4.78, 5) is 4.09. The van der Waals surface area contributed by atoms with Crippen LogP contribution in [0.5, 0.6) is 0 Å². The van der Waals surface area contributed by atoms with Crippen LogP contribution in [0.15, 0.2) is 4.52 Å². The highest BCUT2D eigenvalue weighted by Gasteiger charge is 2.24. The second-order valence-electron chi connectivity index (χ2n) is 4.39. The van der Waals surface area contributed by atoms with Gasteiger partial charge in [-0.2, -0.15) is 4.98 Å². The van der Waals surface area contributed by atoms with Crippen molar-refractivity contribution in [3.05, 3.63) is 11.7 Å². The molecule has 1 aliphatic rings. The predicted molar refractivity (Wildman–Crippen MR) is 62.4 cm³/mol. The summed E-state index contributed by atoms with van der Waals surface area (Å²) in [7, 11) is -2.84. The van der Waals surface area contributed by atoms with Gasteiger partial charge in [-0.3, -0.25) is 0 Å². The lowest BCUT2D eigenvalue weighted by Gasteiger charge is -2.22. The molecule has 1 aromatic rings. The number of aromatic nitrogens is 2. The van der Waals surface area contributed by atoms with Crippen molar-refractivity contribution in [1.82, 2.24) is 15.5 Å². The zero-order chi connectivity index (χ0) is 12.3. The Morgan fingerprint density at radius 1 is 1.53 bits per heavy atom. The van der Waals surface area contributed by atoms with Crippen molar-refractivity contribution in [2.45, 2.75) is 32.2 Å². The van der Waals surface area contributed by atoms with Crippen LogP contribution in [0.25, 0.3) is 0 Å². The molecular formula is C10H17N3O3S. The number of hydrogen-bond acceptors (Lipinski definition) is 6. The van der Waals surface area contributed by atoms with Gasteiger partial charge < -0.3 is 9.84 Å². The number of sulfone groups is 1. The van der Waals surface area contributed by atoms with Gasteiger partial charge in [0.25, 0.3) is 0 Å². The van der Waals surface area contributed by atoms with Gasteiger partial charge in [-0.05, 0) is 12.8 Å². The first kappa shape index (κ1) is 12.5. The van der Waals surface area contributed by atoms with Crippen LogP contribution in [0.3, 0.4) is 0 Å². The molecule has 0 bridgehead atoms. The molecule has 0 radical (unpaired) electrons. The lowest BCUT2D eigenvalue weighted by atomic mass is 10.2. The minimum Gasteiger partial charge on any atom is -0.340 e. The third-order valence-electron chi connectivity index (χ3n) is 2.81. The van der Waals surface area contributed by atoms with Crippen LogP contribution in [0.4, 0.5) is 0 Å². The van der Waals surface area contributed by atoms with Gasteiger partial charge in [0, 0.05) is 25.9 Å². The highest BCUT2D eigenvalue weighted by atomic mass is 32.2. The minimum atomic E-state index is -2.84. The molecule has 1 aromatic heterocycles. The molecule has 1 aliphatic heterocycles. The maximum Gasteiger partial charge on any atom is 0.223 e. The van der Waals surface area contributed by atoms with Crippen LogP contribution in [-0.2, 0) is 16.3 Å². The van der Waals surface area contributed by atoms with E-state index in [0.29, 0.717) is 30.4 Å². The van der Waals surface area contributed by atoms with Gasteiger partial charge >= 0.3 is 0 Å². The van der Waals surface area contributed by atoms with Crippen molar-refractivity contribution in [3.63, 3.8) is 0 Å². The fourth-order valence-corrected chi connectivity index (χ4v) is 3.69. The van der Waals surface area contributed by atoms with Gasteiger partial charge in [-0.1, -0.05) is 5.16 Å². The molecule has 0 amide bonds. The normalized spacial score (nSPS) is 23.7. The van der Waals surface area contributed by atoms with E-state index in [4.69, 9.17) is 4.52 Å². The average Bonchev–Trinajstić information content (AvgIpc) is 2.63. The topological polar surface area (TPSA) is 85.1 Å². The molecule has 7 heteroatoms. The van der Waals surface area contributed by atoms with E-state index in [2.05, 4.69) is 15.5 Å². The quantitative estimate of drug-likeness (QED) is 0.824. The second-order valence-corrected chi connectivity index (χ2v) is 6.62. The molecule has 0 aromatic carbocycles. The Hall–Kier alpha value is -0.950. The molecule has 1 atom stereocenters. The summed E-state index contributed by atoms with van der Waals surface area (Å²) < 4.78 is 27.7. The first-order valence-electron chi connectivity index (χ1n) is 5.78. The smallest absolute Gasteiger partial charge is 0.223 e. The van der Waals surface area contributed by atoms with Crippen molar-refractivity contribution >= 4 is 9.84 Å². The maximum atomic E-state index is 11.4. The molecular weight excluding hydrogens is 242 g/mol. The molecule has 96 valence electrons. The van der Waals surface area contributed by atoms with Crippen LogP contribution in [0.1, 0.15) is 24.6 Å². The first-order valence-corrected chi connectivity index (χ1v) is 7.60. The summed E-state index contributed by atoms with van der Waals surface area (Å²) in [6, 6.07) is 0.0711. The summed E-state index contributed by atoms with van der Waals surface area (Å²) in [5.74, 6) is 1.79. The Bertz CT molecular complexity index is 469. The van der Waals surface area contributed by atoms with E-state index in [1.54, 1.807) is 6.92 Å². The largest absolute Gasteiger partial charge is 0.340 e. The van der Waals surface area contributed by atoms with E-state index in [1.807, 2.05) is 0 Å². The van der Waals surface area contributed by atoms with E-state index >= 15 is 0 Å². The van der Waals surface area contributed by atoms with Gasteiger partial charge in [0.05, 0.1) is 11.5 Å². The average molecular weight is 259 g/mol. The van der Waals surface area contributed by atoms with E-state index < -0.39 is 9.84 Å². The minimum absolute atomic E-state index is 0.0711. The fraction of sp³-hybridized carbons (Fsp3) is 0.800. The van der Waals surface area contributed by atoms with Crippen LogP contribution >= 0.6 is 0 Å². The van der Waals surface area contributed by atoms with E-state index in [1.165, 1.54) is 0 Å². The van der Waals surface area contributed by atoms with E-state index in [9.17, 15) is 8.42 Å². The Balaban J connectivity index is 1.75. The summed E-state index contributed by atoms with van der Waals surface area (Å²) in [6.07, 6.45) is 2.33. The lowest BCUT2D eigenvalue weighted by molar-refractivity contribution is 0.386. The standard InChI is InChI=1S/C10H17N3O3S/c1-8-12-10(13-16-8)4-5-11-9-3-2-6-17(14,15)7-9/h9,11H,2-7H2,1H3. The van der Waals surface area contributed by atoms with E-state index in [0.717, 1.165) is 12.8 Å². The number of aryl methyl sites for hydroxylation is 1. The molecule has 1 unspecified atom stereocenters. The molecule has 1 N–H and O–H groups in total. The number of rotatable bonds is 4. The Morgan fingerprint density at radius 3 is 3.00 bits per heavy atom. The lowest BCUT2D eigenvalue weighted by Crippen LogP contribution is -2.41. The Labute approximate surface area is 101 Å². The third-order valence-corrected chi connectivity index (χ3v) is 4.64. The van der Waals surface area contributed by atoms with Crippen LogP contribution in [0.2, 0.25) is 0 Å². The number of nitrogens with one attached hydrogen (secondary N) is 1. The zero-order valence-electron chi connectivity index (χ0n) is 9.85. The molecule has 2 rings (SSSR count). The summed E-state index contributed by atoms with van der Waals surface area (Å²) in [5, 5.41) is 7.02. The number of nitrogens with zero attached hydrogens (tertiary/aromatic N) is 2. The molecule has 0 spiro atoms. The molecule has 1 saturated heterocycles. The van der Waals surface area contributed by atoms with Gasteiger partial charge in [0.15, 0.2) is 15.7 Å². The van der Waals surface area contributed by atoms with Gasteiger partial charge in [0.1, 0.15) is 0 Å². The Kier molecular flexibility index (Phi) is 3.78. The molecule has 0 aliphatic carbocycles. The van der Waals surface area contributed by atoms with E-state index in [-0.39, 0.29) is 11.8 Å². The van der Waals surface area contributed by atoms with Gasteiger partial charge in [-0.15, -0.1) is 0 Å². The van der Waals surface area contributed by atoms with Crippen molar-refractivity contribution in [2.75, 3.05) is 18.1 Å². The van der Waals surface area contributed by atoms with Gasteiger partial charge in [-0.25, -0.2) is 8.42 Å². The maximum absolute atomic E-state index is 11.4. The van der Waals surface area contributed by atoms with Crippen LogP contribution in [-0.4, -0.2) is 42.7 Å². The predicted octanol–water partition coefficient (Wildman–Crippen LogP) is 0.0873. The molecule has 17 heavy (non-hydrogen) atoms. The highest BCUT2D eigenvalue weighted by molar-refractivity contribution is 7.91. The summed E-state index contributed by atoms with van der Waals surface area (Å²) in [5.41, 5.74) is 0. The molecule has 6 nitrogen and oxygen atoms in total. The monoisotopic (exact) mass is 259 g/mol. The highest BCUT2D eigenvalue weighted by Crippen LogP contribution is 2.11. The van der Waals surface area contributed by atoms with Crippen molar-refractivity contribution < 1.29 is 12.9 Å². The summed E-state index contributed by atoms with van der Waals surface area (Å²) in [6.45, 7) is 2.43.